The average molecular weight is 273 g/mol. The standard InChI is InChI=1S/C17H27N3/c1-17(13-18,15-6-3-2-4-7-15)14-19-10-11-20-9-5-8-16(20)12-19/h2-4,6-7,16H,5,8-14,18H2,1H3. The quantitative estimate of drug-likeness (QED) is 0.906. The van der Waals surface area contributed by atoms with Crippen LogP contribution in [0.15, 0.2) is 30.3 Å². The van der Waals surface area contributed by atoms with Crippen LogP contribution in [0, 0.1) is 0 Å². The van der Waals surface area contributed by atoms with Gasteiger partial charge in [-0.05, 0) is 24.9 Å². The third-order valence-electron chi connectivity index (χ3n) is 5.17. The van der Waals surface area contributed by atoms with Gasteiger partial charge in [0.2, 0.25) is 0 Å². The van der Waals surface area contributed by atoms with Crippen molar-refractivity contribution in [2.75, 3.05) is 39.3 Å². The second-order valence-electron chi connectivity index (χ2n) is 6.70. The second-order valence-corrected chi connectivity index (χ2v) is 6.70. The molecular formula is C17H27N3. The molecule has 0 spiro atoms. The van der Waals surface area contributed by atoms with Gasteiger partial charge in [0.1, 0.15) is 0 Å². The van der Waals surface area contributed by atoms with Gasteiger partial charge in [0.15, 0.2) is 0 Å². The highest BCUT2D eigenvalue weighted by Crippen LogP contribution is 2.27. The minimum absolute atomic E-state index is 0.0715. The summed E-state index contributed by atoms with van der Waals surface area (Å²) >= 11 is 0. The maximum atomic E-state index is 6.13. The fourth-order valence-electron chi connectivity index (χ4n) is 3.81. The number of hydrogen-bond acceptors (Lipinski definition) is 3. The Bertz CT molecular complexity index is 433. The van der Waals surface area contributed by atoms with Crippen LogP contribution in [0.4, 0.5) is 0 Å². The molecule has 1 aromatic rings. The molecule has 2 atom stereocenters. The number of nitrogens with zero attached hydrogens (tertiary/aromatic N) is 2. The second kappa shape index (κ2) is 5.84. The fraction of sp³-hybridized carbons (Fsp3) is 0.647. The number of rotatable bonds is 4. The molecule has 2 N–H and O–H groups in total. The van der Waals surface area contributed by atoms with E-state index in [9.17, 15) is 0 Å². The van der Waals surface area contributed by atoms with Crippen molar-refractivity contribution in [1.82, 2.24) is 9.80 Å². The van der Waals surface area contributed by atoms with Crippen molar-refractivity contribution < 1.29 is 0 Å². The van der Waals surface area contributed by atoms with Crippen molar-refractivity contribution in [1.29, 1.82) is 0 Å². The van der Waals surface area contributed by atoms with Gasteiger partial charge in [0.05, 0.1) is 0 Å². The van der Waals surface area contributed by atoms with Crippen LogP contribution in [0.2, 0.25) is 0 Å². The van der Waals surface area contributed by atoms with Crippen molar-refractivity contribution in [2.24, 2.45) is 5.73 Å². The first-order valence-electron chi connectivity index (χ1n) is 7.93. The summed E-state index contributed by atoms with van der Waals surface area (Å²) in [4.78, 5) is 5.30. The highest BCUT2D eigenvalue weighted by Gasteiger charge is 2.34. The molecule has 0 aliphatic carbocycles. The van der Waals surface area contributed by atoms with E-state index in [2.05, 4.69) is 47.1 Å². The largest absolute Gasteiger partial charge is 0.330 e. The van der Waals surface area contributed by atoms with Crippen LogP contribution in [0.25, 0.3) is 0 Å². The smallest absolute Gasteiger partial charge is 0.0224 e. The molecule has 2 aliphatic heterocycles. The van der Waals surface area contributed by atoms with E-state index in [1.165, 1.54) is 44.6 Å². The van der Waals surface area contributed by atoms with Crippen LogP contribution in [0.1, 0.15) is 25.3 Å². The monoisotopic (exact) mass is 273 g/mol. The maximum absolute atomic E-state index is 6.13. The van der Waals surface area contributed by atoms with E-state index in [0.29, 0.717) is 6.54 Å². The number of hydrogen-bond donors (Lipinski definition) is 1. The summed E-state index contributed by atoms with van der Waals surface area (Å²) in [5.74, 6) is 0. The Labute approximate surface area is 122 Å². The SMILES string of the molecule is CC(CN)(CN1CCN2CCCC2C1)c1ccccc1. The van der Waals surface area contributed by atoms with Crippen molar-refractivity contribution in [2.45, 2.75) is 31.2 Å². The molecule has 110 valence electrons. The van der Waals surface area contributed by atoms with E-state index >= 15 is 0 Å². The molecule has 0 amide bonds. The van der Waals surface area contributed by atoms with E-state index in [0.717, 1.165) is 12.6 Å². The predicted octanol–water partition coefficient (Wildman–Crippen LogP) is 1.68. The Morgan fingerprint density at radius 1 is 1.20 bits per heavy atom. The third-order valence-corrected chi connectivity index (χ3v) is 5.17. The first-order valence-corrected chi connectivity index (χ1v) is 7.93. The Balaban J connectivity index is 1.69. The van der Waals surface area contributed by atoms with Crippen LogP contribution in [-0.2, 0) is 5.41 Å². The molecule has 3 nitrogen and oxygen atoms in total. The van der Waals surface area contributed by atoms with E-state index in [1.54, 1.807) is 0 Å². The van der Waals surface area contributed by atoms with Crippen molar-refractivity contribution in [3.8, 4) is 0 Å². The third kappa shape index (κ3) is 2.76. The molecule has 2 fully saturated rings. The van der Waals surface area contributed by atoms with Crippen molar-refractivity contribution >= 4 is 0 Å². The molecular weight excluding hydrogens is 246 g/mol. The molecule has 2 saturated heterocycles. The Morgan fingerprint density at radius 3 is 2.75 bits per heavy atom. The molecule has 20 heavy (non-hydrogen) atoms. The van der Waals surface area contributed by atoms with Crippen molar-refractivity contribution in [3.63, 3.8) is 0 Å². The molecule has 2 aliphatic rings. The molecule has 0 radical (unpaired) electrons. The van der Waals surface area contributed by atoms with Gasteiger partial charge in [-0.25, -0.2) is 0 Å². The zero-order chi connectivity index (χ0) is 14.0. The minimum atomic E-state index is 0.0715. The number of nitrogens with two attached hydrogens (primary N) is 1. The van der Waals surface area contributed by atoms with E-state index in [-0.39, 0.29) is 5.41 Å². The summed E-state index contributed by atoms with van der Waals surface area (Å²) in [6.45, 7) is 9.07. The first kappa shape index (κ1) is 14.1. The molecule has 0 saturated carbocycles. The summed E-state index contributed by atoms with van der Waals surface area (Å²) in [5, 5.41) is 0. The summed E-state index contributed by atoms with van der Waals surface area (Å²) < 4.78 is 0. The first-order chi connectivity index (χ1) is 9.71. The van der Waals surface area contributed by atoms with E-state index < -0.39 is 0 Å². The summed E-state index contributed by atoms with van der Waals surface area (Å²) in [7, 11) is 0. The normalized spacial score (nSPS) is 27.2. The zero-order valence-corrected chi connectivity index (χ0v) is 12.6. The predicted molar refractivity (Wildman–Crippen MR) is 83.9 cm³/mol. The molecule has 3 heteroatoms. The Morgan fingerprint density at radius 2 is 2.00 bits per heavy atom. The van der Waals surface area contributed by atoms with Crippen LogP contribution >= 0.6 is 0 Å². The molecule has 2 heterocycles. The minimum Gasteiger partial charge on any atom is -0.330 e. The summed E-state index contributed by atoms with van der Waals surface area (Å²) in [6, 6.07) is 11.6. The fourth-order valence-corrected chi connectivity index (χ4v) is 3.81. The molecule has 2 unspecified atom stereocenters. The van der Waals surface area contributed by atoms with Crippen molar-refractivity contribution in [3.05, 3.63) is 35.9 Å². The zero-order valence-electron chi connectivity index (χ0n) is 12.6. The highest BCUT2D eigenvalue weighted by atomic mass is 15.3. The molecule has 1 aromatic carbocycles. The van der Waals surface area contributed by atoms with Gasteiger partial charge < -0.3 is 5.73 Å². The number of fused-ring (bicyclic) bond motifs is 1. The molecule has 0 aromatic heterocycles. The lowest BCUT2D eigenvalue weighted by Crippen LogP contribution is -2.54. The Kier molecular flexibility index (Phi) is 4.11. The topological polar surface area (TPSA) is 32.5 Å². The lowest BCUT2D eigenvalue weighted by molar-refractivity contribution is 0.0881. The van der Waals surface area contributed by atoms with Crippen LogP contribution in [0.5, 0.6) is 0 Å². The number of piperazine rings is 1. The van der Waals surface area contributed by atoms with Gasteiger partial charge in [0, 0.05) is 44.2 Å². The van der Waals surface area contributed by atoms with E-state index in [4.69, 9.17) is 5.73 Å². The lowest BCUT2D eigenvalue weighted by Gasteiger charge is -2.42. The number of benzene rings is 1. The van der Waals surface area contributed by atoms with Crippen LogP contribution < -0.4 is 5.73 Å². The maximum Gasteiger partial charge on any atom is 0.0224 e. The van der Waals surface area contributed by atoms with Crippen LogP contribution in [-0.4, -0.2) is 55.1 Å². The average Bonchev–Trinajstić information content (AvgIpc) is 2.95. The van der Waals surface area contributed by atoms with Gasteiger partial charge in [0.25, 0.3) is 0 Å². The summed E-state index contributed by atoms with van der Waals surface area (Å²) in [5.41, 5.74) is 7.57. The van der Waals surface area contributed by atoms with Gasteiger partial charge >= 0.3 is 0 Å². The van der Waals surface area contributed by atoms with Gasteiger partial charge in [-0.2, -0.15) is 0 Å². The van der Waals surface area contributed by atoms with Gasteiger partial charge in [-0.15, -0.1) is 0 Å². The summed E-state index contributed by atoms with van der Waals surface area (Å²) in [6.07, 6.45) is 2.76. The van der Waals surface area contributed by atoms with E-state index in [1.807, 2.05) is 0 Å². The molecule has 3 rings (SSSR count). The van der Waals surface area contributed by atoms with Crippen LogP contribution in [0.3, 0.4) is 0 Å². The molecule has 0 bridgehead atoms. The highest BCUT2D eigenvalue weighted by molar-refractivity contribution is 5.25. The lowest BCUT2D eigenvalue weighted by atomic mass is 9.81. The van der Waals surface area contributed by atoms with Gasteiger partial charge in [-0.1, -0.05) is 37.3 Å². The Hall–Kier alpha value is -0.900. The van der Waals surface area contributed by atoms with Gasteiger partial charge in [-0.3, -0.25) is 9.80 Å².